The summed E-state index contributed by atoms with van der Waals surface area (Å²) in [6.07, 6.45) is 4.88. The van der Waals surface area contributed by atoms with E-state index in [-0.39, 0.29) is 12.5 Å². The minimum absolute atomic E-state index is 0.0914. The number of rotatable bonds is 4. The number of hydrogen-bond acceptors (Lipinski definition) is 4. The predicted octanol–water partition coefficient (Wildman–Crippen LogP) is 1.85. The molecule has 5 heteroatoms. The van der Waals surface area contributed by atoms with Crippen LogP contribution in [0.15, 0.2) is 10.6 Å². The summed E-state index contributed by atoms with van der Waals surface area (Å²) in [5, 5.41) is 8.69. The minimum Gasteiger partial charge on any atom is -0.481 e. The van der Waals surface area contributed by atoms with E-state index in [2.05, 4.69) is 16.8 Å². The zero-order chi connectivity index (χ0) is 12.3. The van der Waals surface area contributed by atoms with Gasteiger partial charge in [-0.05, 0) is 25.9 Å². The van der Waals surface area contributed by atoms with E-state index in [9.17, 15) is 4.79 Å². The smallest absolute Gasteiger partial charge is 0.311 e. The molecule has 1 saturated heterocycles. The molecule has 2 heterocycles. The number of piperidine rings is 1. The zero-order valence-electron chi connectivity index (χ0n) is 10.1. The lowest BCUT2D eigenvalue weighted by Gasteiger charge is -2.32. The van der Waals surface area contributed by atoms with Crippen LogP contribution in [0.5, 0.6) is 0 Å². The number of nitrogens with zero attached hydrogens (tertiary/aromatic N) is 2. The maximum atomic E-state index is 10.6. The van der Waals surface area contributed by atoms with Crippen LogP contribution in [-0.2, 0) is 11.2 Å². The number of carboxylic acid groups (broad SMARTS) is 1. The van der Waals surface area contributed by atoms with Gasteiger partial charge in [-0.2, -0.15) is 0 Å². The number of oxazole rings is 1. The molecule has 1 fully saturated rings. The Kier molecular flexibility index (Phi) is 3.78. The first-order valence-electron chi connectivity index (χ1n) is 6.11. The highest BCUT2D eigenvalue weighted by Crippen LogP contribution is 2.30. The molecule has 1 atom stereocenters. The van der Waals surface area contributed by atoms with E-state index in [1.54, 1.807) is 0 Å². The molecule has 0 amide bonds. The highest BCUT2D eigenvalue weighted by Gasteiger charge is 2.26. The third-order valence-corrected chi connectivity index (χ3v) is 3.20. The molecule has 17 heavy (non-hydrogen) atoms. The molecule has 1 aliphatic heterocycles. The summed E-state index contributed by atoms with van der Waals surface area (Å²) in [5.41, 5.74) is 0. The Labute approximate surface area is 100 Å². The van der Waals surface area contributed by atoms with Gasteiger partial charge in [0.2, 0.25) is 5.89 Å². The van der Waals surface area contributed by atoms with Crippen LogP contribution in [-0.4, -0.2) is 34.0 Å². The highest BCUT2D eigenvalue weighted by molar-refractivity contribution is 5.69. The summed E-state index contributed by atoms with van der Waals surface area (Å²) < 4.78 is 5.53. The summed E-state index contributed by atoms with van der Waals surface area (Å²) in [6.45, 7) is 4.17. The fourth-order valence-electron chi connectivity index (χ4n) is 2.36. The molecule has 2 rings (SSSR count). The normalized spacial score (nSPS) is 21.6. The van der Waals surface area contributed by atoms with Crippen molar-refractivity contribution >= 4 is 5.97 Å². The second-order valence-corrected chi connectivity index (χ2v) is 4.38. The monoisotopic (exact) mass is 238 g/mol. The lowest BCUT2D eigenvalue weighted by Crippen LogP contribution is -2.33. The SMILES string of the molecule is CCN1CCCCC1c1ncc(CC(=O)O)o1. The predicted molar refractivity (Wildman–Crippen MR) is 61.7 cm³/mol. The van der Waals surface area contributed by atoms with Crippen molar-refractivity contribution in [1.29, 1.82) is 0 Å². The fraction of sp³-hybridized carbons (Fsp3) is 0.667. The van der Waals surface area contributed by atoms with Crippen molar-refractivity contribution in [2.75, 3.05) is 13.1 Å². The maximum absolute atomic E-state index is 10.6. The van der Waals surface area contributed by atoms with Crippen molar-refractivity contribution in [3.63, 3.8) is 0 Å². The number of likely N-dealkylation sites (tertiary alicyclic amines) is 1. The summed E-state index contributed by atoms with van der Waals surface area (Å²) >= 11 is 0. The first-order chi connectivity index (χ1) is 8.20. The molecule has 1 unspecified atom stereocenters. The number of carbonyl (C=O) groups is 1. The van der Waals surface area contributed by atoms with Crippen LogP contribution in [0.4, 0.5) is 0 Å². The zero-order valence-corrected chi connectivity index (χ0v) is 10.1. The molecule has 5 nitrogen and oxygen atoms in total. The first kappa shape index (κ1) is 12.1. The molecule has 0 aliphatic carbocycles. The highest BCUT2D eigenvalue weighted by atomic mass is 16.4. The maximum Gasteiger partial charge on any atom is 0.311 e. The molecule has 1 aromatic heterocycles. The van der Waals surface area contributed by atoms with Gasteiger partial charge in [0.15, 0.2) is 0 Å². The quantitative estimate of drug-likeness (QED) is 0.867. The van der Waals surface area contributed by atoms with E-state index in [1.165, 1.54) is 19.0 Å². The van der Waals surface area contributed by atoms with E-state index in [1.807, 2.05) is 0 Å². The summed E-state index contributed by atoms with van der Waals surface area (Å²) in [6, 6.07) is 0.219. The van der Waals surface area contributed by atoms with E-state index < -0.39 is 5.97 Å². The fourth-order valence-corrected chi connectivity index (χ4v) is 2.36. The lowest BCUT2D eigenvalue weighted by atomic mass is 10.0. The van der Waals surface area contributed by atoms with Crippen LogP contribution in [0.3, 0.4) is 0 Å². The Morgan fingerprint density at radius 2 is 2.47 bits per heavy atom. The largest absolute Gasteiger partial charge is 0.481 e. The van der Waals surface area contributed by atoms with E-state index in [4.69, 9.17) is 9.52 Å². The Morgan fingerprint density at radius 1 is 1.65 bits per heavy atom. The van der Waals surface area contributed by atoms with Crippen LogP contribution in [0.25, 0.3) is 0 Å². The molecule has 1 aromatic rings. The Morgan fingerprint density at radius 3 is 3.18 bits per heavy atom. The number of hydrogen-bond donors (Lipinski definition) is 1. The van der Waals surface area contributed by atoms with Gasteiger partial charge in [-0.15, -0.1) is 0 Å². The molecule has 94 valence electrons. The summed E-state index contributed by atoms with van der Waals surface area (Å²) in [7, 11) is 0. The molecule has 0 spiro atoms. The van der Waals surface area contributed by atoms with Gasteiger partial charge in [-0.25, -0.2) is 4.98 Å². The molecular weight excluding hydrogens is 220 g/mol. The van der Waals surface area contributed by atoms with Crippen molar-refractivity contribution in [3.05, 3.63) is 17.8 Å². The lowest BCUT2D eigenvalue weighted by molar-refractivity contribution is -0.136. The van der Waals surface area contributed by atoms with Crippen LogP contribution in [0.2, 0.25) is 0 Å². The number of aliphatic carboxylic acids is 1. The van der Waals surface area contributed by atoms with Gasteiger partial charge >= 0.3 is 5.97 Å². The molecule has 0 bridgehead atoms. The second kappa shape index (κ2) is 5.31. The Hall–Kier alpha value is -1.36. The third-order valence-electron chi connectivity index (χ3n) is 3.20. The topological polar surface area (TPSA) is 66.6 Å². The van der Waals surface area contributed by atoms with Crippen LogP contribution >= 0.6 is 0 Å². The van der Waals surface area contributed by atoms with Gasteiger partial charge in [0, 0.05) is 0 Å². The standard InChI is InChI=1S/C12H18N2O3/c1-2-14-6-4-3-5-10(14)12-13-8-9(17-12)7-11(15)16/h8,10H,2-7H2,1H3,(H,15,16). The molecule has 1 aliphatic rings. The third kappa shape index (κ3) is 2.85. The van der Waals surface area contributed by atoms with Gasteiger partial charge in [-0.1, -0.05) is 13.3 Å². The molecular formula is C12H18N2O3. The summed E-state index contributed by atoms with van der Waals surface area (Å²) in [4.78, 5) is 17.1. The van der Waals surface area contributed by atoms with Crippen LogP contribution in [0, 0.1) is 0 Å². The second-order valence-electron chi connectivity index (χ2n) is 4.38. The van der Waals surface area contributed by atoms with Gasteiger partial charge in [0.25, 0.3) is 0 Å². The van der Waals surface area contributed by atoms with Crippen molar-refractivity contribution in [1.82, 2.24) is 9.88 Å². The van der Waals surface area contributed by atoms with Crippen LogP contribution in [0.1, 0.15) is 43.9 Å². The van der Waals surface area contributed by atoms with Gasteiger partial charge in [0.1, 0.15) is 12.2 Å². The van der Waals surface area contributed by atoms with Gasteiger partial charge in [-0.3, -0.25) is 9.69 Å². The van der Waals surface area contributed by atoms with Crippen molar-refractivity contribution in [2.45, 2.75) is 38.6 Å². The van der Waals surface area contributed by atoms with E-state index in [0.717, 1.165) is 19.5 Å². The van der Waals surface area contributed by atoms with Crippen LogP contribution < -0.4 is 0 Å². The average molecular weight is 238 g/mol. The molecule has 0 radical (unpaired) electrons. The molecule has 1 N–H and O–H groups in total. The number of carboxylic acids is 1. The van der Waals surface area contributed by atoms with Crippen molar-refractivity contribution in [2.24, 2.45) is 0 Å². The van der Waals surface area contributed by atoms with Gasteiger partial charge < -0.3 is 9.52 Å². The van der Waals surface area contributed by atoms with Crippen molar-refractivity contribution in [3.8, 4) is 0 Å². The van der Waals surface area contributed by atoms with Gasteiger partial charge in [0.05, 0.1) is 12.2 Å². The molecule has 0 saturated carbocycles. The Balaban J connectivity index is 2.09. The minimum atomic E-state index is -0.885. The van der Waals surface area contributed by atoms with E-state index >= 15 is 0 Å². The van der Waals surface area contributed by atoms with Crippen molar-refractivity contribution < 1.29 is 14.3 Å². The summed E-state index contributed by atoms with van der Waals surface area (Å²) in [5.74, 6) is 0.223. The first-order valence-corrected chi connectivity index (χ1v) is 6.11. The molecule has 0 aromatic carbocycles. The average Bonchev–Trinajstić information content (AvgIpc) is 2.76. The Bertz CT molecular complexity index is 389. The number of aromatic nitrogens is 1. The van der Waals surface area contributed by atoms with E-state index in [0.29, 0.717) is 11.7 Å².